The van der Waals surface area contributed by atoms with Gasteiger partial charge in [0.05, 0.1) is 5.02 Å². The number of hydrogen-bond acceptors (Lipinski definition) is 2. The Morgan fingerprint density at radius 2 is 2.17 bits per heavy atom. The van der Waals surface area contributed by atoms with Crippen LogP contribution in [0.4, 0.5) is 0 Å². The molecular weight excluding hydrogens is 318 g/mol. The maximum atomic E-state index is 12.3. The molecule has 1 aromatic carbocycles. The number of rotatable bonds is 5. The van der Waals surface area contributed by atoms with Gasteiger partial charge in [0.1, 0.15) is 5.75 Å². The molecule has 0 saturated heterocycles. The maximum Gasteiger partial charge on any atom is 0.254 e. The first-order chi connectivity index (χ1) is 8.47. The second kappa shape index (κ2) is 7.00. The number of carbonyl (C=O) groups is 1. The summed E-state index contributed by atoms with van der Waals surface area (Å²) in [5.41, 5.74) is 0.501. The van der Waals surface area contributed by atoms with Gasteiger partial charge in [-0.15, -0.1) is 0 Å². The van der Waals surface area contributed by atoms with Gasteiger partial charge in [0.15, 0.2) is 0 Å². The highest BCUT2D eigenvalue weighted by Crippen LogP contribution is 2.24. The topological polar surface area (TPSA) is 40.5 Å². The zero-order valence-corrected chi connectivity index (χ0v) is 12.8. The van der Waals surface area contributed by atoms with Crippen molar-refractivity contribution in [2.24, 2.45) is 0 Å². The largest absolute Gasteiger partial charge is 0.506 e. The molecule has 0 aromatic heterocycles. The number of nitrogens with zero attached hydrogens (tertiary/aromatic N) is 1. The Hall–Kier alpha value is -0.740. The zero-order valence-electron chi connectivity index (χ0n) is 10.5. The van der Waals surface area contributed by atoms with Gasteiger partial charge in [-0.2, -0.15) is 0 Å². The van der Waals surface area contributed by atoms with Crippen molar-refractivity contribution in [2.45, 2.75) is 26.3 Å². The molecule has 0 unspecified atom stereocenters. The third-order valence-corrected chi connectivity index (χ3v) is 3.47. The number of phenols is 1. The van der Waals surface area contributed by atoms with Crippen LogP contribution in [0, 0.1) is 0 Å². The van der Waals surface area contributed by atoms with Crippen LogP contribution in [0.3, 0.4) is 0 Å². The van der Waals surface area contributed by atoms with E-state index in [9.17, 15) is 9.90 Å². The van der Waals surface area contributed by atoms with Crippen molar-refractivity contribution < 1.29 is 9.90 Å². The summed E-state index contributed by atoms with van der Waals surface area (Å²) in [5, 5.41) is 10.4. The molecule has 0 radical (unpaired) electrons. The summed E-state index contributed by atoms with van der Waals surface area (Å²) in [6.45, 7) is 4.66. The molecule has 0 aliphatic carbocycles. The second-order valence-electron chi connectivity index (χ2n) is 4.30. The van der Waals surface area contributed by atoms with Crippen molar-refractivity contribution in [1.29, 1.82) is 0 Å². The van der Waals surface area contributed by atoms with Crippen LogP contribution < -0.4 is 0 Å². The van der Waals surface area contributed by atoms with Gasteiger partial charge in [-0.25, -0.2) is 0 Å². The van der Waals surface area contributed by atoms with Gasteiger partial charge in [-0.3, -0.25) is 4.79 Å². The summed E-state index contributed by atoms with van der Waals surface area (Å²) in [6.07, 6.45) is 0.899. The summed E-state index contributed by atoms with van der Waals surface area (Å²) in [6, 6.07) is 4.66. The number of phenolic OH excluding ortho intramolecular Hbond substituents is 1. The molecule has 18 heavy (non-hydrogen) atoms. The second-order valence-corrected chi connectivity index (χ2v) is 5.50. The lowest BCUT2D eigenvalue weighted by molar-refractivity contribution is 0.0706. The number of alkyl halides is 1. The van der Waals surface area contributed by atoms with E-state index in [0.29, 0.717) is 12.1 Å². The molecule has 1 rings (SSSR count). The fourth-order valence-electron chi connectivity index (χ4n) is 1.63. The van der Waals surface area contributed by atoms with E-state index in [1.165, 1.54) is 12.1 Å². The molecule has 1 aromatic rings. The van der Waals surface area contributed by atoms with Crippen molar-refractivity contribution >= 4 is 33.4 Å². The van der Waals surface area contributed by atoms with Crippen molar-refractivity contribution in [3.8, 4) is 5.75 Å². The SMILES string of the molecule is CC(C)N(CCCBr)C(=O)c1ccc(O)c(Cl)c1. The molecule has 3 nitrogen and oxygen atoms in total. The number of halogens is 2. The van der Waals surface area contributed by atoms with E-state index in [1.54, 1.807) is 11.0 Å². The lowest BCUT2D eigenvalue weighted by Crippen LogP contribution is -2.37. The average molecular weight is 335 g/mol. The van der Waals surface area contributed by atoms with Crippen molar-refractivity contribution in [3.05, 3.63) is 28.8 Å². The van der Waals surface area contributed by atoms with E-state index < -0.39 is 0 Å². The number of amides is 1. The number of benzene rings is 1. The van der Waals surface area contributed by atoms with Crippen LogP contribution in [0.2, 0.25) is 5.02 Å². The van der Waals surface area contributed by atoms with Gasteiger partial charge in [0.25, 0.3) is 5.91 Å². The highest BCUT2D eigenvalue weighted by Gasteiger charge is 2.18. The van der Waals surface area contributed by atoms with Crippen LogP contribution in [-0.4, -0.2) is 33.8 Å². The van der Waals surface area contributed by atoms with Crippen LogP contribution in [0.1, 0.15) is 30.6 Å². The average Bonchev–Trinajstić information content (AvgIpc) is 2.32. The Balaban J connectivity index is 2.91. The molecule has 0 fully saturated rings. The van der Waals surface area contributed by atoms with Crippen molar-refractivity contribution in [2.75, 3.05) is 11.9 Å². The van der Waals surface area contributed by atoms with Crippen molar-refractivity contribution in [1.82, 2.24) is 4.90 Å². The molecule has 0 bridgehead atoms. The van der Waals surface area contributed by atoms with Gasteiger partial charge in [-0.1, -0.05) is 27.5 Å². The van der Waals surface area contributed by atoms with Gasteiger partial charge in [0, 0.05) is 23.5 Å². The summed E-state index contributed by atoms with van der Waals surface area (Å²) < 4.78 is 0. The van der Waals surface area contributed by atoms with E-state index >= 15 is 0 Å². The van der Waals surface area contributed by atoms with E-state index in [2.05, 4.69) is 15.9 Å². The van der Waals surface area contributed by atoms with E-state index in [1.807, 2.05) is 13.8 Å². The molecule has 0 aliphatic rings. The zero-order chi connectivity index (χ0) is 13.7. The van der Waals surface area contributed by atoms with Gasteiger partial charge in [0.2, 0.25) is 0 Å². The van der Waals surface area contributed by atoms with Crippen LogP contribution >= 0.6 is 27.5 Å². The van der Waals surface area contributed by atoms with Crippen molar-refractivity contribution in [3.63, 3.8) is 0 Å². The Labute approximate surface area is 121 Å². The Morgan fingerprint density at radius 3 is 2.67 bits per heavy atom. The summed E-state index contributed by atoms with van der Waals surface area (Å²) in [7, 11) is 0. The first-order valence-corrected chi connectivity index (χ1v) is 7.32. The van der Waals surface area contributed by atoms with Crippen LogP contribution in [0.15, 0.2) is 18.2 Å². The third kappa shape index (κ3) is 3.89. The summed E-state index contributed by atoms with van der Waals surface area (Å²) >= 11 is 9.18. The lowest BCUT2D eigenvalue weighted by Gasteiger charge is -2.26. The molecule has 100 valence electrons. The van der Waals surface area contributed by atoms with E-state index in [4.69, 9.17) is 11.6 Å². The molecule has 0 spiro atoms. The normalized spacial score (nSPS) is 10.7. The van der Waals surface area contributed by atoms with Crippen LogP contribution in [-0.2, 0) is 0 Å². The smallest absolute Gasteiger partial charge is 0.254 e. The van der Waals surface area contributed by atoms with E-state index in [-0.39, 0.29) is 22.7 Å². The lowest BCUT2D eigenvalue weighted by atomic mass is 10.1. The fourth-order valence-corrected chi connectivity index (χ4v) is 2.06. The predicted molar refractivity (Wildman–Crippen MR) is 77.7 cm³/mol. The molecular formula is C13H17BrClNO2. The fraction of sp³-hybridized carbons (Fsp3) is 0.462. The quantitative estimate of drug-likeness (QED) is 0.834. The minimum atomic E-state index is -0.0622. The monoisotopic (exact) mass is 333 g/mol. The molecule has 0 saturated carbocycles. The maximum absolute atomic E-state index is 12.3. The van der Waals surface area contributed by atoms with Crippen LogP contribution in [0.25, 0.3) is 0 Å². The number of carbonyl (C=O) groups excluding carboxylic acids is 1. The van der Waals surface area contributed by atoms with E-state index in [0.717, 1.165) is 11.8 Å². The summed E-state index contributed by atoms with van der Waals surface area (Å²) in [4.78, 5) is 14.1. The first-order valence-electron chi connectivity index (χ1n) is 5.82. The minimum absolute atomic E-state index is 0.00947. The van der Waals surface area contributed by atoms with Gasteiger partial charge in [-0.05, 0) is 38.5 Å². The number of hydrogen-bond donors (Lipinski definition) is 1. The predicted octanol–water partition coefficient (Wildman–Crippen LogP) is 3.68. The van der Waals surface area contributed by atoms with Gasteiger partial charge >= 0.3 is 0 Å². The van der Waals surface area contributed by atoms with Gasteiger partial charge < -0.3 is 10.0 Å². The minimum Gasteiger partial charge on any atom is -0.506 e. The first kappa shape index (κ1) is 15.3. The Morgan fingerprint density at radius 1 is 1.50 bits per heavy atom. The standard InChI is InChI=1S/C13H17BrClNO2/c1-9(2)16(7-3-6-14)13(18)10-4-5-12(17)11(15)8-10/h4-5,8-9,17H,3,6-7H2,1-2H3. The molecule has 1 N–H and O–H groups in total. The molecule has 0 heterocycles. The highest BCUT2D eigenvalue weighted by molar-refractivity contribution is 9.09. The summed E-state index contributed by atoms with van der Waals surface area (Å²) in [5.74, 6) is -0.0716. The Kier molecular flexibility index (Phi) is 5.96. The molecule has 0 aliphatic heterocycles. The molecule has 0 atom stereocenters. The highest BCUT2D eigenvalue weighted by atomic mass is 79.9. The third-order valence-electron chi connectivity index (χ3n) is 2.61. The molecule has 5 heteroatoms. The number of aromatic hydroxyl groups is 1. The molecule has 1 amide bonds. The Bertz CT molecular complexity index is 423. The van der Waals surface area contributed by atoms with Crippen LogP contribution in [0.5, 0.6) is 5.75 Å².